The number of nitrogens with two attached hydrogens (primary N) is 1. The first-order valence-corrected chi connectivity index (χ1v) is 8.24. The van der Waals surface area contributed by atoms with Crippen LogP contribution in [0.5, 0.6) is 11.5 Å². The van der Waals surface area contributed by atoms with Gasteiger partial charge in [0.1, 0.15) is 0 Å². The first kappa shape index (κ1) is 15.9. The van der Waals surface area contributed by atoms with Crippen molar-refractivity contribution in [2.24, 2.45) is 5.73 Å². The lowest BCUT2D eigenvalue weighted by Gasteiger charge is -2.17. The molecule has 114 valence electrons. The summed E-state index contributed by atoms with van der Waals surface area (Å²) in [5.74, 6) is 1.65. The molecule has 1 aromatic heterocycles. The van der Waals surface area contributed by atoms with Gasteiger partial charge in [-0.25, -0.2) is 0 Å². The number of thiophene rings is 1. The summed E-state index contributed by atoms with van der Waals surface area (Å²) >= 11 is 1.76. The predicted molar refractivity (Wildman–Crippen MR) is 88.5 cm³/mol. The van der Waals surface area contributed by atoms with E-state index in [1.165, 1.54) is 4.88 Å². The SMILES string of the molecule is CCOc1cccc(CC(C)N)c1OCCc1cccs1. The molecule has 0 radical (unpaired) electrons. The third kappa shape index (κ3) is 4.76. The lowest BCUT2D eigenvalue weighted by Crippen LogP contribution is -2.18. The molecule has 0 fully saturated rings. The molecule has 0 saturated heterocycles. The van der Waals surface area contributed by atoms with Gasteiger partial charge in [0.15, 0.2) is 11.5 Å². The Balaban J connectivity index is 2.09. The van der Waals surface area contributed by atoms with Gasteiger partial charge in [-0.2, -0.15) is 0 Å². The molecule has 0 saturated carbocycles. The Morgan fingerprint density at radius 3 is 2.71 bits per heavy atom. The van der Waals surface area contributed by atoms with Crippen LogP contribution < -0.4 is 15.2 Å². The van der Waals surface area contributed by atoms with Crippen LogP contribution in [0.3, 0.4) is 0 Å². The summed E-state index contributed by atoms with van der Waals surface area (Å²) in [5, 5.41) is 2.09. The molecule has 4 heteroatoms. The van der Waals surface area contributed by atoms with Crippen LogP contribution in [0.1, 0.15) is 24.3 Å². The Kier molecular flexibility index (Phi) is 6.08. The van der Waals surface area contributed by atoms with E-state index in [2.05, 4.69) is 23.6 Å². The van der Waals surface area contributed by atoms with Crippen molar-refractivity contribution in [2.75, 3.05) is 13.2 Å². The van der Waals surface area contributed by atoms with Crippen molar-refractivity contribution in [3.8, 4) is 11.5 Å². The average Bonchev–Trinajstić information content (AvgIpc) is 2.94. The summed E-state index contributed by atoms with van der Waals surface area (Å²) in [6.45, 7) is 5.26. The van der Waals surface area contributed by atoms with Gasteiger partial charge in [-0.05, 0) is 43.3 Å². The first-order chi connectivity index (χ1) is 10.2. The van der Waals surface area contributed by atoms with Gasteiger partial charge in [0.25, 0.3) is 0 Å². The van der Waals surface area contributed by atoms with Gasteiger partial charge in [-0.1, -0.05) is 18.2 Å². The molecule has 0 amide bonds. The van der Waals surface area contributed by atoms with Gasteiger partial charge in [0.2, 0.25) is 0 Å². The van der Waals surface area contributed by atoms with Gasteiger partial charge in [0.05, 0.1) is 13.2 Å². The van der Waals surface area contributed by atoms with Crippen molar-refractivity contribution in [2.45, 2.75) is 32.7 Å². The maximum Gasteiger partial charge on any atom is 0.164 e. The Hall–Kier alpha value is -1.52. The van der Waals surface area contributed by atoms with Crippen LogP contribution >= 0.6 is 11.3 Å². The molecular weight excluding hydrogens is 282 g/mol. The molecular formula is C17H23NO2S. The minimum absolute atomic E-state index is 0.0986. The molecule has 1 unspecified atom stereocenters. The van der Waals surface area contributed by atoms with Gasteiger partial charge in [0, 0.05) is 17.3 Å². The summed E-state index contributed by atoms with van der Waals surface area (Å²) in [6, 6.07) is 10.3. The molecule has 0 aliphatic rings. The normalized spacial score (nSPS) is 12.1. The largest absolute Gasteiger partial charge is 0.490 e. The van der Waals surface area contributed by atoms with E-state index in [1.807, 2.05) is 26.0 Å². The van der Waals surface area contributed by atoms with Crippen molar-refractivity contribution < 1.29 is 9.47 Å². The van der Waals surface area contributed by atoms with Crippen molar-refractivity contribution in [3.05, 3.63) is 46.2 Å². The summed E-state index contributed by atoms with van der Waals surface area (Å²) in [6.07, 6.45) is 1.70. The number of para-hydroxylation sites is 1. The quantitative estimate of drug-likeness (QED) is 0.809. The molecule has 0 aliphatic heterocycles. The van der Waals surface area contributed by atoms with Crippen molar-refractivity contribution in [1.29, 1.82) is 0 Å². The minimum Gasteiger partial charge on any atom is -0.490 e. The van der Waals surface area contributed by atoms with Gasteiger partial charge < -0.3 is 15.2 Å². The second-order valence-electron chi connectivity index (χ2n) is 5.04. The zero-order chi connectivity index (χ0) is 15.1. The fourth-order valence-corrected chi connectivity index (χ4v) is 2.90. The zero-order valence-corrected chi connectivity index (χ0v) is 13.5. The van der Waals surface area contributed by atoms with Crippen LogP contribution in [-0.4, -0.2) is 19.3 Å². The Morgan fingerprint density at radius 2 is 2.05 bits per heavy atom. The molecule has 2 aromatic rings. The topological polar surface area (TPSA) is 44.5 Å². The Bertz CT molecular complexity index is 538. The van der Waals surface area contributed by atoms with E-state index in [0.29, 0.717) is 13.2 Å². The Labute approximate surface area is 130 Å². The van der Waals surface area contributed by atoms with Crippen LogP contribution in [0.25, 0.3) is 0 Å². The lowest BCUT2D eigenvalue weighted by molar-refractivity contribution is 0.277. The third-order valence-electron chi connectivity index (χ3n) is 3.08. The predicted octanol–water partition coefficient (Wildman–Crippen LogP) is 3.66. The number of hydrogen-bond acceptors (Lipinski definition) is 4. The smallest absolute Gasteiger partial charge is 0.164 e. The van der Waals surface area contributed by atoms with Crippen LogP contribution in [0, 0.1) is 0 Å². The van der Waals surface area contributed by atoms with Crippen LogP contribution in [0.4, 0.5) is 0 Å². The van der Waals surface area contributed by atoms with Crippen molar-refractivity contribution in [1.82, 2.24) is 0 Å². The molecule has 1 heterocycles. The van der Waals surface area contributed by atoms with E-state index in [9.17, 15) is 0 Å². The highest BCUT2D eigenvalue weighted by molar-refractivity contribution is 7.09. The number of hydrogen-bond donors (Lipinski definition) is 1. The Morgan fingerprint density at radius 1 is 1.19 bits per heavy atom. The highest BCUT2D eigenvalue weighted by Gasteiger charge is 2.12. The molecule has 2 rings (SSSR count). The lowest BCUT2D eigenvalue weighted by atomic mass is 10.1. The minimum atomic E-state index is 0.0986. The fraction of sp³-hybridized carbons (Fsp3) is 0.412. The number of rotatable bonds is 8. The second-order valence-corrected chi connectivity index (χ2v) is 6.07. The summed E-state index contributed by atoms with van der Waals surface area (Å²) < 4.78 is 11.7. The standard InChI is InChI=1S/C17H23NO2S/c1-3-19-16-8-4-6-14(12-13(2)18)17(16)20-10-9-15-7-5-11-21-15/h4-8,11,13H,3,9-10,12,18H2,1-2H3. The van der Waals surface area contributed by atoms with E-state index in [-0.39, 0.29) is 6.04 Å². The van der Waals surface area contributed by atoms with Crippen molar-refractivity contribution in [3.63, 3.8) is 0 Å². The summed E-state index contributed by atoms with van der Waals surface area (Å²) in [4.78, 5) is 1.33. The third-order valence-corrected chi connectivity index (χ3v) is 4.01. The second kappa shape index (κ2) is 8.05. The van der Waals surface area contributed by atoms with Crippen LogP contribution in [-0.2, 0) is 12.8 Å². The van der Waals surface area contributed by atoms with E-state index in [4.69, 9.17) is 15.2 Å². The van der Waals surface area contributed by atoms with E-state index < -0.39 is 0 Å². The maximum absolute atomic E-state index is 6.02. The maximum atomic E-state index is 6.02. The summed E-state index contributed by atoms with van der Waals surface area (Å²) in [7, 11) is 0. The van der Waals surface area contributed by atoms with E-state index in [1.54, 1.807) is 11.3 Å². The van der Waals surface area contributed by atoms with E-state index >= 15 is 0 Å². The molecule has 2 N–H and O–H groups in total. The van der Waals surface area contributed by atoms with Gasteiger partial charge in [-0.15, -0.1) is 11.3 Å². The number of ether oxygens (including phenoxy) is 2. The highest BCUT2D eigenvalue weighted by atomic mass is 32.1. The van der Waals surface area contributed by atoms with Crippen molar-refractivity contribution >= 4 is 11.3 Å². The molecule has 0 aliphatic carbocycles. The molecule has 1 aromatic carbocycles. The molecule has 0 spiro atoms. The fourth-order valence-electron chi connectivity index (χ4n) is 2.21. The number of benzene rings is 1. The summed E-state index contributed by atoms with van der Waals surface area (Å²) in [5.41, 5.74) is 7.04. The van der Waals surface area contributed by atoms with Gasteiger partial charge in [-0.3, -0.25) is 0 Å². The zero-order valence-electron chi connectivity index (χ0n) is 12.7. The molecule has 3 nitrogen and oxygen atoms in total. The average molecular weight is 305 g/mol. The van der Waals surface area contributed by atoms with E-state index in [0.717, 1.165) is 29.9 Å². The van der Waals surface area contributed by atoms with Crippen LogP contribution in [0.15, 0.2) is 35.7 Å². The van der Waals surface area contributed by atoms with Gasteiger partial charge >= 0.3 is 0 Å². The molecule has 21 heavy (non-hydrogen) atoms. The van der Waals surface area contributed by atoms with Crippen LogP contribution in [0.2, 0.25) is 0 Å². The molecule has 1 atom stereocenters. The highest BCUT2D eigenvalue weighted by Crippen LogP contribution is 2.32. The molecule has 0 bridgehead atoms. The first-order valence-electron chi connectivity index (χ1n) is 7.36. The monoisotopic (exact) mass is 305 g/mol.